The minimum atomic E-state index is 0.233. The molecule has 0 fully saturated rings. The highest BCUT2D eigenvalue weighted by atomic mass is 16.5. The highest BCUT2D eigenvalue weighted by Gasteiger charge is 2.17. The summed E-state index contributed by atoms with van der Waals surface area (Å²) in [4.78, 5) is 11.7. The van der Waals surface area contributed by atoms with Gasteiger partial charge in [0.25, 0.3) is 0 Å². The molecule has 0 spiro atoms. The number of phenolic OH excluding ortho intramolecular Hbond substituents is 1. The van der Waals surface area contributed by atoms with Gasteiger partial charge in [0.15, 0.2) is 5.78 Å². The molecule has 0 saturated heterocycles. The van der Waals surface area contributed by atoms with Gasteiger partial charge in [0.1, 0.15) is 18.1 Å². The number of hydrogen-bond donors (Lipinski definition) is 1. The second kappa shape index (κ2) is 5.37. The maximum atomic E-state index is 11.7. The molecule has 0 saturated carbocycles. The summed E-state index contributed by atoms with van der Waals surface area (Å²) >= 11 is 0. The topological polar surface area (TPSA) is 46.5 Å². The smallest absolute Gasteiger partial charge is 0.163 e. The third-order valence-corrected chi connectivity index (χ3v) is 3.57. The lowest BCUT2D eigenvalue weighted by atomic mass is 9.90. The molecule has 2 aromatic carbocycles. The zero-order chi connectivity index (χ0) is 13.9. The van der Waals surface area contributed by atoms with Crippen LogP contribution < -0.4 is 4.74 Å². The monoisotopic (exact) mass is 268 g/mol. The van der Waals surface area contributed by atoms with E-state index in [0.717, 1.165) is 35.3 Å². The van der Waals surface area contributed by atoms with E-state index in [9.17, 15) is 9.90 Å². The van der Waals surface area contributed by atoms with Crippen molar-refractivity contribution in [3.05, 3.63) is 59.2 Å². The van der Waals surface area contributed by atoms with Gasteiger partial charge in [-0.05, 0) is 54.3 Å². The van der Waals surface area contributed by atoms with E-state index >= 15 is 0 Å². The van der Waals surface area contributed by atoms with Crippen LogP contribution in [-0.2, 0) is 13.0 Å². The van der Waals surface area contributed by atoms with E-state index in [1.165, 1.54) is 0 Å². The Bertz CT molecular complexity index is 629. The first-order chi connectivity index (χ1) is 9.72. The van der Waals surface area contributed by atoms with Crippen LogP contribution in [0.3, 0.4) is 0 Å². The van der Waals surface area contributed by atoms with E-state index in [2.05, 4.69) is 0 Å². The van der Waals surface area contributed by atoms with Gasteiger partial charge in [-0.25, -0.2) is 0 Å². The predicted octanol–water partition coefficient (Wildman–Crippen LogP) is 3.49. The number of carbonyl (C=O) groups excluding carboxylic acids is 1. The van der Waals surface area contributed by atoms with Crippen molar-refractivity contribution in [2.24, 2.45) is 0 Å². The summed E-state index contributed by atoms with van der Waals surface area (Å²) in [5, 5.41) is 9.23. The molecule has 1 N–H and O–H groups in total. The Kier molecular flexibility index (Phi) is 3.42. The molecule has 0 aliphatic heterocycles. The van der Waals surface area contributed by atoms with Crippen LogP contribution >= 0.6 is 0 Å². The van der Waals surface area contributed by atoms with E-state index in [4.69, 9.17) is 4.74 Å². The summed E-state index contributed by atoms with van der Waals surface area (Å²) in [7, 11) is 0. The predicted molar refractivity (Wildman–Crippen MR) is 76.1 cm³/mol. The molecule has 102 valence electrons. The molecule has 3 heteroatoms. The van der Waals surface area contributed by atoms with Crippen LogP contribution in [0.2, 0.25) is 0 Å². The first-order valence-corrected chi connectivity index (χ1v) is 6.79. The minimum Gasteiger partial charge on any atom is -0.508 e. The zero-order valence-electron chi connectivity index (χ0n) is 11.1. The van der Waals surface area contributed by atoms with Crippen LogP contribution in [0.25, 0.3) is 0 Å². The number of fused-ring (bicyclic) bond motifs is 1. The van der Waals surface area contributed by atoms with Crippen LogP contribution in [-0.4, -0.2) is 10.9 Å². The van der Waals surface area contributed by atoms with Gasteiger partial charge in [-0.3, -0.25) is 4.79 Å². The third-order valence-electron chi connectivity index (χ3n) is 3.57. The average molecular weight is 268 g/mol. The number of benzene rings is 2. The molecular weight excluding hydrogens is 252 g/mol. The molecule has 0 heterocycles. The van der Waals surface area contributed by atoms with Crippen molar-refractivity contribution in [3.63, 3.8) is 0 Å². The first-order valence-electron chi connectivity index (χ1n) is 6.79. The molecule has 1 aliphatic rings. The van der Waals surface area contributed by atoms with Crippen LogP contribution in [0.4, 0.5) is 0 Å². The molecular formula is C17H16O3. The normalized spacial score (nSPS) is 13.9. The van der Waals surface area contributed by atoms with Gasteiger partial charge in [-0.1, -0.05) is 12.1 Å². The number of Topliss-reactive ketones (excluding diaryl/α,β-unsaturated/α-hetero) is 1. The molecule has 0 radical (unpaired) electrons. The molecule has 3 nitrogen and oxygen atoms in total. The maximum Gasteiger partial charge on any atom is 0.163 e. The number of phenols is 1. The number of rotatable bonds is 3. The van der Waals surface area contributed by atoms with Gasteiger partial charge in [0.05, 0.1) is 0 Å². The number of ketones is 1. The minimum absolute atomic E-state index is 0.233. The summed E-state index contributed by atoms with van der Waals surface area (Å²) in [5.41, 5.74) is 2.93. The van der Waals surface area contributed by atoms with Crippen LogP contribution in [0.15, 0.2) is 42.5 Å². The molecule has 0 atom stereocenters. The van der Waals surface area contributed by atoms with Crippen LogP contribution in [0.1, 0.15) is 34.3 Å². The van der Waals surface area contributed by atoms with E-state index in [0.29, 0.717) is 13.0 Å². The summed E-state index contributed by atoms with van der Waals surface area (Å²) < 4.78 is 5.74. The Morgan fingerprint density at radius 1 is 1.05 bits per heavy atom. The fourth-order valence-electron chi connectivity index (χ4n) is 2.47. The van der Waals surface area contributed by atoms with Crippen molar-refractivity contribution in [2.45, 2.75) is 25.9 Å². The number of hydrogen-bond acceptors (Lipinski definition) is 3. The fraction of sp³-hybridized carbons (Fsp3) is 0.235. The Morgan fingerprint density at radius 3 is 2.65 bits per heavy atom. The average Bonchev–Trinajstić information content (AvgIpc) is 2.47. The number of carbonyl (C=O) groups is 1. The largest absolute Gasteiger partial charge is 0.508 e. The summed E-state index contributed by atoms with van der Waals surface area (Å²) in [6.45, 7) is 0.451. The van der Waals surface area contributed by atoms with Crippen molar-refractivity contribution < 1.29 is 14.6 Å². The second-order valence-electron chi connectivity index (χ2n) is 5.05. The maximum absolute atomic E-state index is 11.7. The van der Waals surface area contributed by atoms with Crippen LogP contribution in [0, 0.1) is 0 Å². The molecule has 1 aliphatic carbocycles. The Morgan fingerprint density at radius 2 is 1.85 bits per heavy atom. The summed E-state index contributed by atoms with van der Waals surface area (Å²) in [6, 6.07) is 12.6. The lowest BCUT2D eigenvalue weighted by Gasteiger charge is -2.16. The standard InChI is InChI=1S/C17H16O3/c18-14-6-4-12(5-7-14)11-20-15-8-9-16-13(10-15)2-1-3-17(16)19/h4-10,18H,1-3,11H2. The molecule has 2 aromatic rings. The second-order valence-corrected chi connectivity index (χ2v) is 5.05. The van der Waals surface area contributed by atoms with Gasteiger partial charge < -0.3 is 9.84 Å². The highest BCUT2D eigenvalue weighted by Crippen LogP contribution is 2.26. The molecule has 0 aromatic heterocycles. The summed E-state index contributed by atoms with van der Waals surface area (Å²) in [5.74, 6) is 1.27. The van der Waals surface area contributed by atoms with Crippen molar-refractivity contribution in [1.29, 1.82) is 0 Å². The van der Waals surface area contributed by atoms with Gasteiger partial charge in [0, 0.05) is 12.0 Å². The van der Waals surface area contributed by atoms with E-state index in [1.807, 2.05) is 30.3 Å². The molecule has 0 bridgehead atoms. The van der Waals surface area contributed by atoms with Gasteiger partial charge >= 0.3 is 0 Å². The lowest BCUT2D eigenvalue weighted by Crippen LogP contribution is -2.10. The lowest BCUT2D eigenvalue weighted by molar-refractivity contribution is 0.0972. The Balaban J connectivity index is 1.72. The van der Waals surface area contributed by atoms with E-state index in [-0.39, 0.29) is 11.5 Å². The number of aryl methyl sites for hydroxylation is 1. The molecule has 3 rings (SSSR count). The zero-order valence-corrected chi connectivity index (χ0v) is 11.1. The number of aromatic hydroxyl groups is 1. The van der Waals surface area contributed by atoms with Gasteiger partial charge in [-0.2, -0.15) is 0 Å². The summed E-state index contributed by atoms with van der Waals surface area (Å²) in [6.07, 6.45) is 2.52. The van der Waals surface area contributed by atoms with E-state index in [1.54, 1.807) is 12.1 Å². The fourth-order valence-corrected chi connectivity index (χ4v) is 2.47. The highest BCUT2D eigenvalue weighted by molar-refractivity contribution is 5.98. The van der Waals surface area contributed by atoms with E-state index < -0.39 is 0 Å². The van der Waals surface area contributed by atoms with Crippen molar-refractivity contribution >= 4 is 5.78 Å². The van der Waals surface area contributed by atoms with Gasteiger partial charge in [-0.15, -0.1) is 0 Å². The Labute approximate surface area is 117 Å². The first kappa shape index (κ1) is 12.7. The third kappa shape index (κ3) is 2.67. The van der Waals surface area contributed by atoms with Crippen molar-refractivity contribution in [2.75, 3.05) is 0 Å². The number of ether oxygens (including phenoxy) is 1. The van der Waals surface area contributed by atoms with Crippen LogP contribution in [0.5, 0.6) is 11.5 Å². The Hall–Kier alpha value is -2.29. The molecule has 20 heavy (non-hydrogen) atoms. The van der Waals surface area contributed by atoms with Crippen molar-refractivity contribution in [3.8, 4) is 11.5 Å². The molecule has 0 amide bonds. The SMILES string of the molecule is O=C1CCCc2cc(OCc3ccc(O)cc3)ccc21. The molecule has 0 unspecified atom stereocenters. The quantitative estimate of drug-likeness (QED) is 0.926. The van der Waals surface area contributed by atoms with Crippen molar-refractivity contribution in [1.82, 2.24) is 0 Å². The van der Waals surface area contributed by atoms with Gasteiger partial charge in [0.2, 0.25) is 0 Å².